The second-order valence-electron chi connectivity index (χ2n) is 4.17. The summed E-state index contributed by atoms with van der Waals surface area (Å²) >= 11 is 0. The standard InChI is InChI=1S/C9H11F3N2O3/c10-9(11,12)17-4-1-2-6-5(3-4)7(15)14-8(16)13-6/h4-6H,1-3H2,(H2,13,14,15,16). The van der Waals surface area contributed by atoms with Gasteiger partial charge in [0.15, 0.2) is 0 Å². The Morgan fingerprint density at radius 3 is 2.59 bits per heavy atom. The highest BCUT2D eigenvalue weighted by Gasteiger charge is 2.43. The van der Waals surface area contributed by atoms with Gasteiger partial charge < -0.3 is 5.32 Å². The number of halogens is 3. The van der Waals surface area contributed by atoms with Crippen molar-refractivity contribution in [1.82, 2.24) is 10.6 Å². The first-order chi connectivity index (χ1) is 7.85. The van der Waals surface area contributed by atoms with Gasteiger partial charge >= 0.3 is 12.4 Å². The van der Waals surface area contributed by atoms with Gasteiger partial charge in [0, 0.05) is 6.04 Å². The second kappa shape index (κ2) is 4.17. The van der Waals surface area contributed by atoms with Gasteiger partial charge in [0.05, 0.1) is 12.0 Å². The quantitative estimate of drug-likeness (QED) is 0.728. The van der Waals surface area contributed by atoms with Gasteiger partial charge in [0.2, 0.25) is 5.91 Å². The molecule has 0 bridgehead atoms. The number of rotatable bonds is 1. The monoisotopic (exact) mass is 252 g/mol. The van der Waals surface area contributed by atoms with E-state index in [1.165, 1.54) is 0 Å². The van der Waals surface area contributed by atoms with Gasteiger partial charge in [-0.15, -0.1) is 13.2 Å². The molecule has 1 saturated carbocycles. The van der Waals surface area contributed by atoms with E-state index >= 15 is 0 Å². The van der Waals surface area contributed by atoms with Crippen molar-refractivity contribution in [2.75, 3.05) is 0 Å². The fraction of sp³-hybridized carbons (Fsp3) is 0.778. The van der Waals surface area contributed by atoms with E-state index in [4.69, 9.17) is 0 Å². The maximum absolute atomic E-state index is 12.0. The van der Waals surface area contributed by atoms with Crippen LogP contribution in [0.3, 0.4) is 0 Å². The molecule has 2 fully saturated rings. The second-order valence-corrected chi connectivity index (χ2v) is 4.17. The fourth-order valence-electron chi connectivity index (χ4n) is 2.30. The van der Waals surface area contributed by atoms with E-state index in [-0.39, 0.29) is 18.9 Å². The number of imide groups is 1. The zero-order chi connectivity index (χ0) is 12.6. The number of alkyl halides is 3. The van der Waals surface area contributed by atoms with Crippen molar-refractivity contribution in [3.63, 3.8) is 0 Å². The number of amides is 3. The number of urea groups is 1. The van der Waals surface area contributed by atoms with Crippen LogP contribution < -0.4 is 10.6 Å². The maximum Gasteiger partial charge on any atom is 0.522 e. The average molecular weight is 252 g/mol. The summed E-state index contributed by atoms with van der Waals surface area (Å²) in [6, 6.07) is -0.976. The van der Waals surface area contributed by atoms with Crippen LogP contribution in [0.4, 0.5) is 18.0 Å². The molecule has 0 aromatic heterocycles. The number of ether oxygens (including phenoxy) is 1. The molecule has 1 heterocycles. The normalized spacial score (nSPS) is 33.7. The van der Waals surface area contributed by atoms with Gasteiger partial charge in [0.25, 0.3) is 0 Å². The summed E-state index contributed by atoms with van der Waals surface area (Å²) < 4.78 is 40.0. The molecule has 0 radical (unpaired) electrons. The third-order valence-corrected chi connectivity index (χ3v) is 2.99. The molecule has 1 saturated heterocycles. The highest BCUT2D eigenvalue weighted by atomic mass is 19.4. The molecule has 8 heteroatoms. The van der Waals surface area contributed by atoms with Crippen LogP contribution >= 0.6 is 0 Å². The van der Waals surface area contributed by atoms with Crippen molar-refractivity contribution >= 4 is 11.9 Å². The van der Waals surface area contributed by atoms with E-state index in [1.807, 2.05) is 5.32 Å². The minimum absolute atomic E-state index is 0.0315. The molecule has 17 heavy (non-hydrogen) atoms. The third kappa shape index (κ3) is 2.87. The molecule has 1 aliphatic carbocycles. The van der Waals surface area contributed by atoms with Gasteiger partial charge in [-0.1, -0.05) is 0 Å². The van der Waals surface area contributed by atoms with Crippen molar-refractivity contribution < 1.29 is 27.5 Å². The van der Waals surface area contributed by atoms with E-state index in [1.54, 1.807) is 0 Å². The Morgan fingerprint density at radius 1 is 1.24 bits per heavy atom. The third-order valence-electron chi connectivity index (χ3n) is 2.99. The van der Waals surface area contributed by atoms with Crippen LogP contribution in [-0.2, 0) is 9.53 Å². The number of carbonyl (C=O) groups excluding carboxylic acids is 2. The van der Waals surface area contributed by atoms with E-state index in [0.717, 1.165) is 0 Å². The number of fused-ring (bicyclic) bond motifs is 1. The number of hydrogen-bond donors (Lipinski definition) is 2. The minimum Gasteiger partial charge on any atom is -0.334 e. The van der Waals surface area contributed by atoms with Gasteiger partial charge in [-0.25, -0.2) is 4.79 Å². The van der Waals surface area contributed by atoms with Crippen LogP contribution in [-0.4, -0.2) is 30.4 Å². The van der Waals surface area contributed by atoms with Gasteiger partial charge in [-0.05, 0) is 19.3 Å². The first kappa shape index (κ1) is 12.2. The van der Waals surface area contributed by atoms with Gasteiger partial charge in [-0.3, -0.25) is 14.8 Å². The smallest absolute Gasteiger partial charge is 0.334 e. The van der Waals surface area contributed by atoms with Crippen molar-refractivity contribution in [3.8, 4) is 0 Å². The molecule has 2 aliphatic rings. The van der Waals surface area contributed by atoms with E-state index in [0.29, 0.717) is 6.42 Å². The molecule has 2 N–H and O–H groups in total. The van der Waals surface area contributed by atoms with Gasteiger partial charge in [-0.2, -0.15) is 0 Å². The zero-order valence-electron chi connectivity index (χ0n) is 8.71. The largest absolute Gasteiger partial charge is 0.522 e. The van der Waals surface area contributed by atoms with Crippen molar-refractivity contribution in [2.24, 2.45) is 5.92 Å². The Kier molecular flexibility index (Phi) is 2.98. The summed E-state index contributed by atoms with van der Waals surface area (Å²) in [4.78, 5) is 22.4. The SMILES string of the molecule is O=C1NC(=O)C2CC(OC(F)(F)F)CCC2N1. The Labute approximate surface area is 94.7 Å². The Morgan fingerprint density at radius 2 is 1.94 bits per heavy atom. The number of hydrogen-bond acceptors (Lipinski definition) is 3. The average Bonchev–Trinajstić information content (AvgIpc) is 2.16. The Bertz CT molecular complexity index is 345. The molecule has 0 aromatic carbocycles. The Hall–Kier alpha value is -1.31. The fourth-order valence-corrected chi connectivity index (χ4v) is 2.30. The maximum atomic E-state index is 12.0. The zero-order valence-corrected chi connectivity index (χ0v) is 8.71. The van der Waals surface area contributed by atoms with Crippen LogP contribution in [0.15, 0.2) is 0 Å². The summed E-state index contributed by atoms with van der Waals surface area (Å²) in [6.45, 7) is 0. The molecule has 3 atom stereocenters. The highest BCUT2D eigenvalue weighted by Crippen LogP contribution is 2.32. The molecular weight excluding hydrogens is 241 g/mol. The molecule has 1 aliphatic heterocycles. The van der Waals surface area contributed by atoms with E-state index < -0.39 is 30.3 Å². The van der Waals surface area contributed by atoms with Crippen LogP contribution in [0.2, 0.25) is 0 Å². The summed E-state index contributed by atoms with van der Waals surface area (Å²) in [5.74, 6) is -1.18. The molecule has 0 aromatic rings. The summed E-state index contributed by atoms with van der Waals surface area (Å²) in [5.41, 5.74) is 0. The lowest BCUT2D eigenvalue weighted by atomic mass is 9.81. The molecule has 2 rings (SSSR count). The van der Waals surface area contributed by atoms with Crippen molar-refractivity contribution in [3.05, 3.63) is 0 Å². The van der Waals surface area contributed by atoms with Crippen LogP contribution in [0.5, 0.6) is 0 Å². The van der Waals surface area contributed by atoms with Crippen LogP contribution in [0.25, 0.3) is 0 Å². The Balaban J connectivity index is 1.99. The van der Waals surface area contributed by atoms with Crippen LogP contribution in [0, 0.1) is 5.92 Å². The minimum atomic E-state index is -4.69. The predicted molar refractivity (Wildman–Crippen MR) is 48.7 cm³/mol. The molecule has 0 spiro atoms. The summed E-state index contributed by atoms with van der Waals surface area (Å²) in [5, 5.41) is 4.56. The van der Waals surface area contributed by atoms with E-state index in [2.05, 4.69) is 10.1 Å². The summed E-state index contributed by atoms with van der Waals surface area (Å²) in [7, 11) is 0. The van der Waals surface area contributed by atoms with Crippen molar-refractivity contribution in [1.29, 1.82) is 0 Å². The molecule has 96 valence electrons. The molecular formula is C9H11F3N2O3. The lowest BCUT2D eigenvalue weighted by Crippen LogP contribution is -2.60. The lowest BCUT2D eigenvalue weighted by molar-refractivity contribution is -0.346. The number of carbonyl (C=O) groups is 2. The molecule has 3 amide bonds. The molecule has 3 unspecified atom stereocenters. The first-order valence-electron chi connectivity index (χ1n) is 5.21. The lowest BCUT2D eigenvalue weighted by Gasteiger charge is -2.38. The topological polar surface area (TPSA) is 67.4 Å². The summed E-state index contributed by atoms with van der Waals surface area (Å²) in [6.07, 6.45) is -5.25. The predicted octanol–water partition coefficient (Wildman–Crippen LogP) is 0.899. The number of nitrogens with one attached hydrogen (secondary N) is 2. The van der Waals surface area contributed by atoms with E-state index in [9.17, 15) is 22.8 Å². The van der Waals surface area contributed by atoms with Crippen molar-refractivity contribution in [2.45, 2.75) is 37.8 Å². The highest BCUT2D eigenvalue weighted by molar-refractivity contribution is 5.98. The first-order valence-corrected chi connectivity index (χ1v) is 5.21. The van der Waals surface area contributed by atoms with Gasteiger partial charge in [0.1, 0.15) is 0 Å². The van der Waals surface area contributed by atoms with Crippen LogP contribution in [0.1, 0.15) is 19.3 Å². The molecule has 5 nitrogen and oxygen atoms in total.